The van der Waals surface area contributed by atoms with Crippen LogP contribution < -0.4 is 5.32 Å². The fraction of sp³-hybridized carbons (Fsp3) is 0.133. The molecule has 19 heavy (non-hydrogen) atoms. The summed E-state index contributed by atoms with van der Waals surface area (Å²) in [6, 6.07) is 11.4. The van der Waals surface area contributed by atoms with Gasteiger partial charge in [-0.15, -0.1) is 0 Å². The van der Waals surface area contributed by atoms with Crippen LogP contribution in [0.3, 0.4) is 0 Å². The summed E-state index contributed by atoms with van der Waals surface area (Å²) in [4.78, 5) is 12.0. The lowest BCUT2D eigenvalue weighted by atomic mass is 10.2. The van der Waals surface area contributed by atoms with Crippen molar-refractivity contribution in [1.82, 2.24) is 5.32 Å². The van der Waals surface area contributed by atoms with Crippen molar-refractivity contribution >= 4 is 28.2 Å². The smallest absolute Gasteiger partial charge is 0.252 e. The topological polar surface area (TPSA) is 42.2 Å². The predicted molar refractivity (Wildman–Crippen MR) is 76.4 cm³/mol. The van der Waals surface area contributed by atoms with Crippen molar-refractivity contribution in [1.29, 1.82) is 0 Å². The van der Waals surface area contributed by atoms with Crippen LogP contribution in [-0.4, -0.2) is 5.91 Å². The number of fused-ring (bicyclic) bond motifs is 1. The van der Waals surface area contributed by atoms with Gasteiger partial charge in [0.25, 0.3) is 5.91 Å². The first-order valence-corrected chi connectivity index (χ1v) is 7.00. The van der Waals surface area contributed by atoms with Crippen LogP contribution in [0, 0.1) is 0 Å². The van der Waals surface area contributed by atoms with Crippen LogP contribution in [0.5, 0.6) is 0 Å². The Bertz CT molecular complexity index is 667. The van der Waals surface area contributed by atoms with Crippen molar-refractivity contribution in [2.45, 2.75) is 13.0 Å². The molecule has 1 atom stereocenters. The molecule has 1 aromatic carbocycles. The van der Waals surface area contributed by atoms with Crippen molar-refractivity contribution in [3.63, 3.8) is 0 Å². The normalized spacial score (nSPS) is 12.5. The molecule has 0 saturated heterocycles. The Morgan fingerprint density at radius 3 is 2.89 bits per heavy atom. The summed E-state index contributed by atoms with van der Waals surface area (Å²) < 4.78 is 5.74. The van der Waals surface area contributed by atoms with E-state index in [1.165, 1.54) is 11.3 Å². The zero-order valence-corrected chi connectivity index (χ0v) is 11.2. The minimum atomic E-state index is -0.153. The number of benzene rings is 1. The van der Waals surface area contributed by atoms with E-state index in [9.17, 15) is 4.79 Å². The second-order valence-electron chi connectivity index (χ2n) is 4.39. The van der Waals surface area contributed by atoms with Gasteiger partial charge < -0.3 is 9.73 Å². The zero-order valence-electron chi connectivity index (χ0n) is 10.4. The van der Waals surface area contributed by atoms with Crippen LogP contribution in [0.4, 0.5) is 0 Å². The molecule has 0 unspecified atom stereocenters. The number of para-hydroxylation sites is 1. The number of furan rings is 1. The third kappa shape index (κ3) is 2.39. The first-order chi connectivity index (χ1) is 9.24. The van der Waals surface area contributed by atoms with Crippen molar-refractivity contribution in [3.05, 3.63) is 58.5 Å². The quantitative estimate of drug-likeness (QED) is 0.782. The second kappa shape index (κ2) is 4.90. The molecule has 0 spiro atoms. The fourth-order valence-electron chi connectivity index (χ4n) is 1.96. The van der Waals surface area contributed by atoms with Crippen LogP contribution >= 0.6 is 11.3 Å². The molecule has 1 amide bonds. The number of thiophene rings is 1. The number of carbonyl (C=O) groups excluding carboxylic acids is 1. The van der Waals surface area contributed by atoms with Gasteiger partial charge in [0.15, 0.2) is 0 Å². The van der Waals surface area contributed by atoms with E-state index in [0.717, 1.165) is 16.7 Å². The number of nitrogens with one attached hydrogen (secondary N) is 1. The molecule has 0 aliphatic rings. The molecule has 0 radical (unpaired) electrons. The van der Waals surface area contributed by atoms with Crippen molar-refractivity contribution in [2.75, 3.05) is 0 Å². The summed E-state index contributed by atoms with van der Waals surface area (Å²) in [5.41, 5.74) is 1.53. The van der Waals surface area contributed by atoms with E-state index >= 15 is 0 Å². The van der Waals surface area contributed by atoms with E-state index in [-0.39, 0.29) is 11.9 Å². The van der Waals surface area contributed by atoms with E-state index in [1.807, 2.05) is 54.1 Å². The maximum atomic E-state index is 12.0. The van der Waals surface area contributed by atoms with Crippen molar-refractivity contribution in [3.8, 4) is 0 Å². The van der Waals surface area contributed by atoms with E-state index in [0.29, 0.717) is 5.56 Å². The monoisotopic (exact) mass is 271 g/mol. The molecule has 3 nitrogen and oxygen atoms in total. The number of carbonyl (C=O) groups is 1. The van der Waals surface area contributed by atoms with Gasteiger partial charge in [0.05, 0.1) is 11.6 Å². The van der Waals surface area contributed by atoms with Gasteiger partial charge in [-0.1, -0.05) is 18.2 Å². The highest BCUT2D eigenvalue weighted by Crippen LogP contribution is 2.23. The highest BCUT2D eigenvalue weighted by molar-refractivity contribution is 7.08. The maximum absolute atomic E-state index is 12.0. The minimum Gasteiger partial charge on any atom is -0.459 e. The Hall–Kier alpha value is -2.07. The summed E-state index contributed by atoms with van der Waals surface area (Å²) in [6.45, 7) is 1.92. The van der Waals surface area contributed by atoms with E-state index in [1.54, 1.807) is 0 Å². The van der Waals surface area contributed by atoms with Gasteiger partial charge in [-0.25, -0.2) is 0 Å². The molecule has 96 valence electrons. The summed E-state index contributed by atoms with van der Waals surface area (Å²) in [7, 11) is 0. The Balaban J connectivity index is 1.80. The first kappa shape index (κ1) is 12.0. The summed E-state index contributed by atoms with van der Waals surface area (Å²) in [6.07, 6.45) is 0. The molecule has 0 aliphatic carbocycles. The van der Waals surface area contributed by atoms with E-state index in [4.69, 9.17) is 4.42 Å². The number of rotatable bonds is 3. The number of amides is 1. The third-order valence-electron chi connectivity index (χ3n) is 3.00. The summed E-state index contributed by atoms with van der Waals surface area (Å²) in [5, 5.41) is 7.71. The van der Waals surface area contributed by atoms with E-state index in [2.05, 4.69) is 5.32 Å². The van der Waals surface area contributed by atoms with Gasteiger partial charge in [0.2, 0.25) is 0 Å². The van der Waals surface area contributed by atoms with Gasteiger partial charge in [0.1, 0.15) is 11.3 Å². The average Bonchev–Trinajstić information content (AvgIpc) is 3.07. The Morgan fingerprint density at radius 2 is 2.16 bits per heavy atom. The summed E-state index contributed by atoms with van der Waals surface area (Å²) >= 11 is 1.51. The Labute approximate surface area is 114 Å². The lowest BCUT2D eigenvalue weighted by Gasteiger charge is -2.10. The van der Waals surface area contributed by atoms with Gasteiger partial charge in [-0.05, 0) is 30.5 Å². The number of hydrogen-bond acceptors (Lipinski definition) is 3. The minimum absolute atomic E-state index is 0.0748. The van der Waals surface area contributed by atoms with Gasteiger partial charge >= 0.3 is 0 Å². The molecule has 4 heteroatoms. The van der Waals surface area contributed by atoms with Crippen molar-refractivity contribution < 1.29 is 9.21 Å². The second-order valence-corrected chi connectivity index (χ2v) is 5.17. The molecular weight excluding hydrogens is 258 g/mol. The molecule has 3 rings (SSSR count). The van der Waals surface area contributed by atoms with Crippen LogP contribution in [0.2, 0.25) is 0 Å². The SMILES string of the molecule is C[C@H](NC(=O)c1ccsc1)c1cc2ccccc2o1. The lowest BCUT2D eigenvalue weighted by molar-refractivity contribution is 0.0936. The third-order valence-corrected chi connectivity index (χ3v) is 3.69. The van der Waals surface area contributed by atoms with Crippen LogP contribution in [0.15, 0.2) is 51.6 Å². The highest BCUT2D eigenvalue weighted by Gasteiger charge is 2.15. The molecule has 0 saturated carbocycles. The molecule has 2 heterocycles. The largest absolute Gasteiger partial charge is 0.459 e. The lowest BCUT2D eigenvalue weighted by Crippen LogP contribution is -2.25. The maximum Gasteiger partial charge on any atom is 0.252 e. The molecule has 2 aromatic heterocycles. The van der Waals surface area contributed by atoms with Crippen LogP contribution in [-0.2, 0) is 0 Å². The van der Waals surface area contributed by atoms with E-state index < -0.39 is 0 Å². The molecule has 0 fully saturated rings. The highest BCUT2D eigenvalue weighted by atomic mass is 32.1. The summed E-state index contributed by atoms with van der Waals surface area (Å²) in [5.74, 6) is 0.694. The molecular formula is C15H13NO2S. The van der Waals surface area contributed by atoms with Gasteiger partial charge in [-0.3, -0.25) is 4.79 Å². The Kier molecular flexibility index (Phi) is 3.09. The standard InChI is InChI=1S/C15H13NO2S/c1-10(16-15(17)12-6-7-19-9-12)14-8-11-4-2-3-5-13(11)18-14/h2-10H,1H3,(H,16,17)/t10-/m0/s1. The van der Waals surface area contributed by atoms with Gasteiger partial charge in [0, 0.05) is 10.8 Å². The van der Waals surface area contributed by atoms with Crippen molar-refractivity contribution in [2.24, 2.45) is 0 Å². The molecule has 0 aliphatic heterocycles. The first-order valence-electron chi connectivity index (χ1n) is 6.05. The molecule has 3 aromatic rings. The predicted octanol–water partition coefficient (Wildman–Crippen LogP) is 3.99. The van der Waals surface area contributed by atoms with Crippen LogP contribution in [0.25, 0.3) is 11.0 Å². The average molecular weight is 271 g/mol. The fourth-order valence-corrected chi connectivity index (χ4v) is 2.60. The molecule has 0 bridgehead atoms. The zero-order chi connectivity index (χ0) is 13.2. The Morgan fingerprint density at radius 1 is 1.32 bits per heavy atom. The molecule has 1 N–H and O–H groups in total. The number of hydrogen-bond donors (Lipinski definition) is 1. The van der Waals surface area contributed by atoms with Crippen LogP contribution in [0.1, 0.15) is 29.1 Å². The van der Waals surface area contributed by atoms with Gasteiger partial charge in [-0.2, -0.15) is 11.3 Å².